The monoisotopic (exact) mass is 415 g/mol. The van der Waals surface area contributed by atoms with Gasteiger partial charge in [-0.1, -0.05) is 48.0 Å². The lowest BCUT2D eigenvalue weighted by molar-refractivity contribution is 0.788. The number of hydrogen-bond acceptors (Lipinski definition) is 6. The highest BCUT2D eigenvalue weighted by Crippen LogP contribution is 2.27. The van der Waals surface area contributed by atoms with Gasteiger partial charge < -0.3 is 9.55 Å². The Morgan fingerprint density at radius 1 is 1.00 bits per heavy atom. The predicted octanol–water partition coefficient (Wildman–Crippen LogP) is 3.36. The van der Waals surface area contributed by atoms with Crippen LogP contribution in [0.2, 0.25) is 0 Å². The van der Waals surface area contributed by atoms with E-state index in [0.29, 0.717) is 21.3 Å². The number of rotatable bonds is 4. The number of H-pyrrole nitrogens is 1. The Morgan fingerprint density at radius 2 is 1.77 bits per heavy atom. The zero-order valence-corrected chi connectivity index (χ0v) is 17.1. The Hall–Kier alpha value is -3.72. The third kappa shape index (κ3) is 3.18. The van der Waals surface area contributed by atoms with Crippen LogP contribution in [0.3, 0.4) is 0 Å². The maximum Gasteiger partial charge on any atom is 0.262 e. The minimum Gasteiger partial charge on any atom is -0.305 e. The molecule has 0 aliphatic rings. The second-order valence-corrected chi connectivity index (χ2v) is 7.79. The van der Waals surface area contributed by atoms with Gasteiger partial charge in [-0.15, -0.1) is 10.2 Å². The Bertz CT molecular complexity index is 1400. The number of fused-ring (bicyclic) bond motifs is 1. The Kier molecular flexibility index (Phi) is 4.44. The van der Waals surface area contributed by atoms with Gasteiger partial charge in [0.1, 0.15) is 5.39 Å². The zero-order valence-electron chi connectivity index (χ0n) is 16.3. The van der Waals surface area contributed by atoms with E-state index in [2.05, 4.69) is 25.3 Å². The van der Waals surface area contributed by atoms with Gasteiger partial charge in [0.15, 0.2) is 21.8 Å². The number of para-hydroxylation sites is 1. The van der Waals surface area contributed by atoms with Crippen LogP contribution >= 0.6 is 11.8 Å². The minimum absolute atomic E-state index is 0.245. The molecule has 0 amide bonds. The molecule has 148 valence electrons. The number of hydrogen-bond donors (Lipinski definition) is 1. The maximum atomic E-state index is 12.6. The van der Waals surface area contributed by atoms with Crippen LogP contribution < -0.4 is 5.56 Å². The molecule has 1 N–H and O–H groups in total. The summed E-state index contributed by atoms with van der Waals surface area (Å²) in [7, 11) is 1.89. The molecule has 0 saturated heterocycles. The highest BCUT2D eigenvalue weighted by atomic mass is 32.2. The molecule has 3 heterocycles. The molecule has 0 saturated carbocycles. The molecule has 0 radical (unpaired) electrons. The molecule has 8 nitrogen and oxygen atoms in total. The van der Waals surface area contributed by atoms with Gasteiger partial charge in [0.25, 0.3) is 5.56 Å². The van der Waals surface area contributed by atoms with Crippen LogP contribution in [0.15, 0.2) is 75.9 Å². The van der Waals surface area contributed by atoms with Crippen LogP contribution in [0.25, 0.3) is 28.1 Å². The van der Waals surface area contributed by atoms with Crippen molar-refractivity contribution >= 4 is 22.8 Å². The number of nitrogens with one attached hydrogen (secondary N) is 1. The number of aryl methyl sites for hydroxylation is 1. The van der Waals surface area contributed by atoms with E-state index in [4.69, 9.17) is 0 Å². The largest absolute Gasteiger partial charge is 0.305 e. The van der Waals surface area contributed by atoms with Crippen LogP contribution in [0.4, 0.5) is 0 Å². The van der Waals surface area contributed by atoms with E-state index in [1.807, 2.05) is 73.1 Å². The molecule has 0 unspecified atom stereocenters. The summed E-state index contributed by atoms with van der Waals surface area (Å²) in [5.74, 6) is 0.746. The highest BCUT2D eigenvalue weighted by molar-refractivity contribution is 7.99. The first-order valence-corrected chi connectivity index (χ1v) is 10.1. The third-order valence-corrected chi connectivity index (χ3v) is 5.67. The van der Waals surface area contributed by atoms with Crippen LogP contribution in [0, 0.1) is 6.92 Å². The highest BCUT2D eigenvalue weighted by Gasteiger charge is 2.16. The van der Waals surface area contributed by atoms with Crippen LogP contribution in [0.1, 0.15) is 5.56 Å². The zero-order chi connectivity index (χ0) is 20.7. The van der Waals surface area contributed by atoms with Gasteiger partial charge in [-0.05, 0) is 30.8 Å². The van der Waals surface area contributed by atoms with Crippen LogP contribution in [-0.2, 0) is 7.05 Å². The van der Waals surface area contributed by atoms with Crippen molar-refractivity contribution in [1.29, 1.82) is 0 Å². The molecule has 30 heavy (non-hydrogen) atoms. The van der Waals surface area contributed by atoms with Crippen LogP contribution in [-0.4, -0.2) is 34.5 Å². The summed E-state index contributed by atoms with van der Waals surface area (Å²) in [4.78, 5) is 20.0. The molecule has 0 aliphatic carbocycles. The van der Waals surface area contributed by atoms with E-state index in [1.54, 1.807) is 4.68 Å². The molecular formula is C21H17N7OS. The lowest BCUT2D eigenvalue weighted by Gasteiger charge is -2.05. The summed E-state index contributed by atoms with van der Waals surface area (Å²) in [5, 5.41) is 14.4. The fourth-order valence-corrected chi connectivity index (χ4v) is 3.90. The van der Waals surface area contributed by atoms with Gasteiger partial charge in [-0.25, -0.2) is 9.67 Å². The topological polar surface area (TPSA) is 94.3 Å². The summed E-state index contributed by atoms with van der Waals surface area (Å²) >= 11 is 1.25. The molecule has 5 aromatic rings. The predicted molar refractivity (Wildman–Crippen MR) is 115 cm³/mol. The van der Waals surface area contributed by atoms with E-state index < -0.39 is 0 Å². The summed E-state index contributed by atoms with van der Waals surface area (Å²) in [6.07, 6.45) is 1.53. The maximum absolute atomic E-state index is 12.6. The van der Waals surface area contributed by atoms with Crippen molar-refractivity contribution in [1.82, 2.24) is 34.5 Å². The minimum atomic E-state index is -0.245. The molecule has 0 aliphatic heterocycles. The fourth-order valence-electron chi connectivity index (χ4n) is 3.15. The molecule has 3 aromatic heterocycles. The molecule has 0 bridgehead atoms. The van der Waals surface area contributed by atoms with E-state index in [0.717, 1.165) is 17.1 Å². The van der Waals surface area contributed by atoms with E-state index >= 15 is 0 Å². The Morgan fingerprint density at radius 3 is 2.53 bits per heavy atom. The first-order chi connectivity index (χ1) is 14.6. The molecule has 0 fully saturated rings. The fraction of sp³-hybridized carbons (Fsp3) is 0.0952. The summed E-state index contributed by atoms with van der Waals surface area (Å²) in [6.45, 7) is 2.04. The van der Waals surface area contributed by atoms with Gasteiger partial charge in [0, 0.05) is 12.6 Å². The number of nitrogens with zero attached hydrogens (tertiary/aromatic N) is 6. The quantitative estimate of drug-likeness (QED) is 0.452. The lowest BCUT2D eigenvalue weighted by Crippen LogP contribution is -2.10. The third-order valence-electron chi connectivity index (χ3n) is 4.75. The lowest BCUT2D eigenvalue weighted by atomic mass is 10.1. The number of aromatic nitrogens is 7. The van der Waals surface area contributed by atoms with Gasteiger partial charge in [0.2, 0.25) is 0 Å². The Balaban J connectivity index is 1.53. The average Bonchev–Trinajstić information content (AvgIpc) is 3.34. The molecule has 5 rings (SSSR count). The molecule has 2 aromatic carbocycles. The van der Waals surface area contributed by atoms with Crippen molar-refractivity contribution in [3.63, 3.8) is 0 Å². The average molecular weight is 415 g/mol. The summed E-state index contributed by atoms with van der Waals surface area (Å²) in [5.41, 5.74) is 3.24. The first-order valence-electron chi connectivity index (χ1n) is 9.28. The molecule has 0 spiro atoms. The van der Waals surface area contributed by atoms with E-state index in [1.165, 1.54) is 23.5 Å². The van der Waals surface area contributed by atoms with E-state index in [-0.39, 0.29) is 5.56 Å². The van der Waals surface area contributed by atoms with Gasteiger partial charge in [0.05, 0.1) is 11.9 Å². The number of benzene rings is 2. The van der Waals surface area contributed by atoms with Gasteiger partial charge >= 0.3 is 0 Å². The smallest absolute Gasteiger partial charge is 0.262 e. The van der Waals surface area contributed by atoms with E-state index in [9.17, 15) is 4.79 Å². The summed E-state index contributed by atoms with van der Waals surface area (Å²) in [6, 6.07) is 17.7. The molecule has 0 atom stereocenters. The SMILES string of the molecule is Cc1ccc(-c2nnc(Sc3nc4c(cnn4-c4ccccc4)c(=O)[nH]3)n2C)cc1. The van der Waals surface area contributed by atoms with Crippen molar-refractivity contribution in [2.75, 3.05) is 0 Å². The van der Waals surface area contributed by atoms with Gasteiger partial charge in [-0.3, -0.25) is 4.79 Å². The molecular weight excluding hydrogens is 398 g/mol. The second-order valence-electron chi connectivity index (χ2n) is 6.83. The summed E-state index contributed by atoms with van der Waals surface area (Å²) < 4.78 is 3.54. The van der Waals surface area contributed by atoms with Crippen molar-refractivity contribution in [2.24, 2.45) is 7.05 Å². The van der Waals surface area contributed by atoms with Gasteiger partial charge in [-0.2, -0.15) is 5.10 Å². The normalized spacial score (nSPS) is 11.3. The second kappa shape index (κ2) is 7.27. The van der Waals surface area contributed by atoms with Crippen molar-refractivity contribution in [3.8, 4) is 17.1 Å². The van der Waals surface area contributed by atoms with Crippen LogP contribution in [0.5, 0.6) is 0 Å². The van der Waals surface area contributed by atoms with Crippen molar-refractivity contribution < 1.29 is 0 Å². The number of aromatic amines is 1. The first kappa shape index (κ1) is 18.3. The standard InChI is InChI=1S/C21H17N7OS/c1-13-8-10-14(11-9-13)17-25-26-21(27(17)2)30-20-23-18-16(19(29)24-20)12-22-28(18)15-6-4-3-5-7-15/h3-12H,1-2H3,(H,23,24,29). The van der Waals surface area contributed by atoms with Crippen molar-refractivity contribution in [3.05, 3.63) is 76.7 Å². The Labute approximate surface area is 175 Å². The van der Waals surface area contributed by atoms with Crippen molar-refractivity contribution in [2.45, 2.75) is 17.2 Å². The molecule has 9 heteroatoms.